The van der Waals surface area contributed by atoms with Crippen LogP contribution >= 0.6 is 0 Å². The summed E-state index contributed by atoms with van der Waals surface area (Å²) in [5.41, 5.74) is 2.23. The highest BCUT2D eigenvalue weighted by atomic mass is 16.5. The number of amides is 1. The van der Waals surface area contributed by atoms with E-state index in [1.165, 1.54) is 17.7 Å². The maximum absolute atomic E-state index is 12.7. The van der Waals surface area contributed by atoms with Crippen LogP contribution in [0.15, 0.2) is 72.8 Å². The van der Waals surface area contributed by atoms with Crippen molar-refractivity contribution in [3.8, 4) is 0 Å². The maximum atomic E-state index is 12.7. The fraction of sp³-hybridized carbons (Fsp3) is 0.360. The van der Waals surface area contributed by atoms with Crippen LogP contribution < -0.4 is 0 Å². The molecule has 154 valence electrons. The van der Waals surface area contributed by atoms with Crippen LogP contribution in [0.2, 0.25) is 0 Å². The largest absolute Gasteiger partial charge is 0.463 e. The molecule has 0 radical (unpaired) electrons. The number of ether oxygens (including phenoxy) is 1. The zero-order valence-electron chi connectivity index (χ0n) is 17.4. The molecule has 0 spiro atoms. The number of esters is 1. The first-order chi connectivity index (χ1) is 14.0. The molecule has 0 atom stereocenters. The predicted molar refractivity (Wildman–Crippen MR) is 116 cm³/mol. The quantitative estimate of drug-likeness (QED) is 0.313. The summed E-state index contributed by atoms with van der Waals surface area (Å²) in [6, 6.07) is 19.9. The Labute approximate surface area is 174 Å². The summed E-state index contributed by atoms with van der Waals surface area (Å²) in [7, 11) is 0. The van der Waals surface area contributed by atoms with Gasteiger partial charge in [0.1, 0.15) is 0 Å². The first-order valence-corrected chi connectivity index (χ1v) is 10.3. The molecule has 0 saturated carbocycles. The Bertz CT molecular complexity index is 769. The van der Waals surface area contributed by atoms with Gasteiger partial charge in [0.2, 0.25) is 5.91 Å². The molecule has 0 unspecified atom stereocenters. The Morgan fingerprint density at radius 3 is 2.17 bits per heavy atom. The third-order valence-corrected chi connectivity index (χ3v) is 4.57. The summed E-state index contributed by atoms with van der Waals surface area (Å²) >= 11 is 0. The van der Waals surface area contributed by atoms with Gasteiger partial charge in [-0.3, -0.25) is 4.79 Å². The lowest BCUT2D eigenvalue weighted by molar-refractivity contribution is -0.138. The monoisotopic (exact) mass is 393 g/mol. The van der Waals surface area contributed by atoms with E-state index in [9.17, 15) is 9.59 Å². The lowest BCUT2D eigenvalue weighted by atomic mass is 10.1. The van der Waals surface area contributed by atoms with E-state index >= 15 is 0 Å². The molecule has 0 fully saturated rings. The van der Waals surface area contributed by atoms with Gasteiger partial charge in [0.25, 0.3) is 0 Å². The standard InChI is InChI=1S/C25H31NO3/c1-21(2)10-9-19-29-25(28)16-15-24(27)26(20-23-13-7-4-8-14-23)18-17-22-11-5-3-6-12-22/h3-8,11-16,21H,9-10,17-20H2,1-2H3/b16-15+. The number of carbonyl (C=O) groups excluding carboxylic acids is 2. The van der Waals surface area contributed by atoms with Crippen LogP contribution in [-0.2, 0) is 27.3 Å². The zero-order valence-corrected chi connectivity index (χ0v) is 17.4. The molecular formula is C25H31NO3. The van der Waals surface area contributed by atoms with Gasteiger partial charge in [-0.1, -0.05) is 74.5 Å². The Kier molecular flexibility index (Phi) is 9.70. The summed E-state index contributed by atoms with van der Waals surface area (Å²) in [6.45, 7) is 5.73. The van der Waals surface area contributed by atoms with E-state index in [0.29, 0.717) is 25.6 Å². The summed E-state index contributed by atoms with van der Waals surface area (Å²) < 4.78 is 5.17. The van der Waals surface area contributed by atoms with Gasteiger partial charge >= 0.3 is 5.97 Å². The second-order valence-corrected chi connectivity index (χ2v) is 7.52. The van der Waals surface area contributed by atoms with E-state index in [0.717, 1.165) is 24.8 Å². The number of benzene rings is 2. The van der Waals surface area contributed by atoms with Gasteiger partial charge in [-0.15, -0.1) is 0 Å². The van der Waals surface area contributed by atoms with Crippen molar-refractivity contribution in [2.24, 2.45) is 5.92 Å². The molecule has 2 aromatic carbocycles. The van der Waals surface area contributed by atoms with E-state index in [4.69, 9.17) is 4.74 Å². The zero-order chi connectivity index (χ0) is 20.9. The van der Waals surface area contributed by atoms with Crippen LogP contribution in [0.3, 0.4) is 0 Å². The summed E-state index contributed by atoms with van der Waals surface area (Å²) in [4.78, 5) is 26.4. The van der Waals surface area contributed by atoms with Crippen molar-refractivity contribution in [1.29, 1.82) is 0 Å². The van der Waals surface area contributed by atoms with Gasteiger partial charge < -0.3 is 9.64 Å². The number of hydrogen-bond donors (Lipinski definition) is 0. The Hall–Kier alpha value is -2.88. The summed E-state index contributed by atoms with van der Waals surface area (Å²) in [5, 5.41) is 0. The Balaban J connectivity index is 1.93. The minimum absolute atomic E-state index is 0.191. The highest BCUT2D eigenvalue weighted by Crippen LogP contribution is 2.09. The van der Waals surface area contributed by atoms with Gasteiger partial charge in [0.05, 0.1) is 6.61 Å². The first-order valence-electron chi connectivity index (χ1n) is 10.3. The van der Waals surface area contributed by atoms with Crippen molar-refractivity contribution in [2.45, 2.75) is 39.7 Å². The first kappa shape index (κ1) is 22.4. The van der Waals surface area contributed by atoms with E-state index in [2.05, 4.69) is 26.0 Å². The molecule has 1 amide bonds. The van der Waals surface area contributed by atoms with E-state index in [1.54, 1.807) is 4.90 Å². The highest BCUT2D eigenvalue weighted by Gasteiger charge is 2.12. The molecule has 29 heavy (non-hydrogen) atoms. The third-order valence-electron chi connectivity index (χ3n) is 4.57. The molecule has 4 nitrogen and oxygen atoms in total. The average Bonchev–Trinajstić information content (AvgIpc) is 2.73. The van der Waals surface area contributed by atoms with Crippen LogP contribution in [0.4, 0.5) is 0 Å². The second-order valence-electron chi connectivity index (χ2n) is 7.52. The molecule has 0 saturated heterocycles. The normalized spacial score (nSPS) is 11.0. The van der Waals surface area contributed by atoms with Crippen molar-refractivity contribution in [3.63, 3.8) is 0 Å². The Morgan fingerprint density at radius 2 is 1.55 bits per heavy atom. The molecule has 0 aliphatic heterocycles. The average molecular weight is 394 g/mol. The van der Waals surface area contributed by atoms with Crippen molar-refractivity contribution >= 4 is 11.9 Å². The maximum Gasteiger partial charge on any atom is 0.330 e. The van der Waals surface area contributed by atoms with Crippen LogP contribution in [0.5, 0.6) is 0 Å². The van der Waals surface area contributed by atoms with Crippen molar-refractivity contribution in [1.82, 2.24) is 4.90 Å². The van der Waals surface area contributed by atoms with Crippen molar-refractivity contribution < 1.29 is 14.3 Å². The SMILES string of the molecule is CC(C)CCCOC(=O)/C=C/C(=O)N(CCc1ccccc1)Cc1ccccc1. The van der Waals surface area contributed by atoms with E-state index in [-0.39, 0.29) is 5.91 Å². The minimum Gasteiger partial charge on any atom is -0.463 e. The van der Waals surface area contributed by atoms with Crippen molar-refractivity contribution in [3.05, 3.63) is 83.9 Å². The number of nitrogens with zero attached hydrogens (tertiary/aromatic N) is 1. The summed E-state index contributed by atoms with van der Waals surface area (Å²) in [6.07, 6.45) is 5.16. The van der Waals surface area contributed by atoms with Gasteiger partial charge in [-0.25, -0.2) is 4.79 Å². The molecule has 0 heterocycles. The van der Waals surface area contributed by atoms with Crippen LogP contribution in [0, 0.1) is 5.92 Å². The van der Waals surface area contributed by atoms with E-state index < -0.39 is 5.97 Å². The molecule has 0 aliphatic rings. The third kappa shape index (κ3) is 9.24. The molecule has 0 aliphatic carbocycles. The van der Waals surface area contributed by atoms with Crippen LogP contribution in [-0.4, -0.2) is 29.9 Å². The second kappa shape index (κ2) is 12.6. The van der Waals surface area contributed by atoms with Crippen LogP contribution in [0.25, 0.3) is 0 Å². The fourth-order valence-corrected chi connectivity index (χ4v) is 2.94. The van der Waals surface area contributed by atoms with Gasteiger partial charge in [-0.2, -0.15) is 0 Å². The lowest BCUT2D eigenvalue weighted by Gasteiger charge is -2.21. The Morgan fingerprint density at radius 1 is 0.931 bits per heavy atom. The molecule has 2 aromatic rings. The number of hydrogen-bond acceptors (Lipinski definition) is 3. The van der Waals surface area contributed by atoms with Gasteiger partial charge in [-0.05, 0) is 36.3 Å². The number of carbonyl (C=O) groups is 2. The number of rotatable bonds is 11. The topological polar surface area (TPSA) is 46.6 Å². The van der Waals surface area contributed by atoms with Gasteiger partial charge in [0.15, 0.2) is 0 Å². The van der Waals surface area contributed by atoms with E-state index in [1.807, 2.05) is 48.5 Å². The van der Waals surface area contributed by atoms with Gasteiger partial charge in [0, 0.05) is 25.2 Å². The highest BCUT2D eigenvalue weighted by molar-refractivity contribution is 5.94. The van der Waals surface area contributed by atoms with Crippen LogP contribution in [0.1, 0.15) is 37.8 Å². The summed E-state index contributed by atoms with van der Waals surface area (Å²) in [5.74, 6) is -0.0734. The molecular weight excluding hydrogens is 362 g/mol. The minimum atomic E-state index is -0.468. The molecule has 0 N–H and O–H groups in total. The smallest absolute Gasteiger partial charge is 0.330 e. The predicted octanol–water partition coefficient (Wildman–Crippen LogP) is 4.79. The molecule has 0 bridgehead atoms. The molecule has 0 aromatic heterocycles. The van der Waals surface area contributed by atoms with Crippen molar-refractivity contribution in [2.75, 3.05) is 13.2 Å². The molecule has 2 rings (SSSR count). The molecule has 4 heteroatoms. The fourth-order valence-electron chi connectivity index (χ4n) is 2.94. The lowest BCUT2D eigenvalue weighted by Crippen LogP contribution is -2.31.